The minimum atomic E-state index is 0.374. The monoisotopic (exact) mass is 319 g/mol. The Bertz CT molecular complexity index is 523. The molecule has 1 aromatic carbocycles. The van der Waals surface area contributed by atoms with Crippen LogP contribution in [0.1, 0.15) is 24.8 Å². The number of nitrogens with zero attached hydrogens (tertiary/aromatic N) is 2. The Morgan fingerprint density at radius 1 is 1.26 bits per heavy atom. The van der Waals surface area contributed by atoms with Crippen LogP contribution in [0.15, 0.2) is 22.7 Å². The normalized spacial score (nSPS) is 29.9. The average molecular weight is 320 g/mol. The summed E-state index contributed by atoms with van der Waals surface area (Å²) in [6.45, 7) is 2.12. The van der Waals surface area contributed by atoms with E-state index in [2.05, 4.69) is 33.0 Å². The van der Waals surface area contributed by atoms with Crippen molar-refractivity contribution in [3.8, 4) is 6.07 Å². The Morgan fingerprint density at radius 3 is 2.84 bits per heavy atom. The van der Waals surface area contributed by atoms with E-state index in [0.717, 1.165) is 47.6 Å². The van der Waals surface area contributed by atoms with Gasteiger partial charge in [-0.25, -0.2) is 0 Å². The van der Waals surface area contributed by atoms with Crippen LogP contribution in [-0.4, -0.2) is 19.1 Å². The molecule has 1 saturated carbocycles. The molecule has 0 amide bonds. The number of hydrogen-bond acceptors (Lipinski definition) is 3. The first kappa shape index (κ1) is 13.0. The summed E-state index contributed by atoms with van der Waals surface area (Å²) in [6.07, 6.45) is 3.52. The lowest BCUT2D eigenvalue weighted by Crippen LogP contribution is -2.32. The number of rotatable bonds is 1. The lowest BCUT2D eigenvalue weighted by molar-refractivity contribution is 0.271. The number of nitrogens with two attached hydrogens (primary N) is 1. The molecule has 1 heterocycles. The van der Waals surface area contributed by atoms with Crippen molar-refractivity contribution in [3.63, 3.8) is 0 Å². The highest BCUT2D eigenvalue weighted by atomic mass is 79.9. The summed E-state index contributed by atoms with van der Waals surface area (Å²) in [5.41, 5.74) is 7.92. The SMILES string of the molecule is N#Cc1ccc(Br)cc1N1C[C@H]2CCC(N)C[C@H]2C1. The maximum atomic E-state index is 9.26. The summed E-state index contributed by atoms with van der Waals surface area (Å²) in [5, 5.41) is 9.26. The van der Waals surface area contributed by atoms with Crippen molar-refractivity contribution < 1.29 is 0 Å². The van der Waals surface area contributed by atoms with Gasteiger partial charge in [0.05, 0.1) is 11.3 Å². The highest BCUT2D eigenvalue weighted by Gasteiger charge is 2.37. The van der Waals surface area contributed by atoms with E-state index < -0.39 is 0 Å². The largest absolute Gasteiger partial charge is 0.370 e. The van der Waals surface area contributed by atoms with Crippen LogP contribution < -0.4 is 10.6 Å². The summed E-state index contributed by atoms with van der Waals surface area (Å²) >= 11 is 3.50. The Hall–Kier alpha value is -1.05. The molecule has 0 spiro atoms. The van der Waals surface area contributed by atoms with Gasteiger partial charge in [0.1, 0.15) is 6.07 Å². The maximum absolute atomic E-state index is 9.26. The van der Waals surface area contributed by atoms with Crippen molar-refractivity contribution in [1.29, 1.82) is 5.26 Å². The van der Waals surface area contributed by atoms with Gasteiger partial charge >= 0.3 is 0 Å². The van der Waals surface area contributed by atoms with E-state index in [1.807, 2.05) is 12.1 Å². The lowest BCUT2D eigenvalue weighted by atomic mass is 9.79. The van der Waals surface area contributed by atoms with Crippen LogP contribution in [0.5, 0.6) is 0 Å². The molecule has 3 nitrogen and oxygen atoms in total. The van der Waals surface area contributed by atoms with E-state index in [4.69, 9.17) is 5.73 Å². The Morgan fingerprint density at radius 2 is 2.05 bits per heavy atom. The van der Waals surface area contributed by atoms with Crippen molar-refractivity contribution in [2.75, 3.05) is 18.0 Å². The van der Waals surface area contributed by atoms with E-state index in [9.17, 15) is 5.26 Å². The third kappa shape index (κ3) is 2.50. The fourth-order valence-electron chi connectivity index (χ4n) is 3.53. The first-order valence-corrected chi connectivity index (χ1v) is 7.67. The zero-order valence-electron chi connectivity index (χ0n) is 10.8. The molecule has 0 radical (unpaired) electrons. The summed E-state index contributed by atoms with van der Waals surface area (Å²) < 4.78 is 1.04. The Labute approximate surface area is 122 Å². The molecule has 1 aromatic rings. The van der Waals surface area contributed by atoms with E-state index in [1.54, 1.807) is 0 Å². The second-order valence-electron chi connectivity index (χ2n) is 5.77. The molecular weight excluding hydrogens is 302 g/mol. The van der Waals surface area contributed by atoms with Gasteiger partial charge in [-0.2, -0.15) is 5.26 Å². The highest BCUT2D eigenvalue weighted by Crippen LogP contribution is 2.39. The Kier molecular flexibility index (Phi) is 3.51. The molecule has 0 bridgehead atoms. The van der Waals surface area contributed by atoms with E-state index >= 15 is 0 Å². The quantitative estimate of drug-likeness (QED) is 0.866. The third-order valence-electron chi connectivity index (χ3n) is 4.51. The van der Waals surface area contributed by atoms with Crippen LogP contribution in [0.2, 0.25) is 0 Å². The first-order chi connectivity index (χ1) is 9.17. The second kappa shape index (κ2) is 5.15. The van der Waals surface area contributed by atoms with Gasteiger partial charge in [0.25, 0.3) is 0 Å². The molecule has 2 fully saturated rings. The molecule has 2 N–H and O–H groups in total. The van der Waals surface area contributed by atoms with Gasteiger partial charge in [-0.15, -0.1) is 0 Å². The van der Waals surface area contributed by atoms with E-state index in [1.165, 1.54) is 6.42 Å². The van der Waals surface area contributed by atoms with Crippen LogP contribution in [0.4, 0.5) is 5.69 Å². The molecule has 1 aliphatic heterocycles. The van der Waals surface area contributed by atoms with Crippen molar-refractivity contribution in [1.82, 2.24) is 0 Å². The van der Waals surface area contributed by atoms with Crippen LogP contribution in [0.25, 0.3) is 0 Å². The molecule has 1 aliphatic carbocycles. The number of anilines is 1. The molecule has 3 rings (SSSR count). The zero-order valence-corrected chi connectivity index (χ0v) is 12.4. The first-order valence-electron chi connectivity index (χ1n) is 6.87. The number of fused-ring (bicyclic) bond motifs is 1. The molecule has 1 saturated heterocycles. The van der Waals surface area contributed by atoms with Crippen LogP contribution in [-0.2, 0) is 0 Å². The summed E-state index contributed by atoms with van der Waals surface area (Å²) in [4.78, 5) is 2.37. The molecule has 1 unspecified atom stereocenters. The second-order valence-corrected chi connectivity index (χ2v) is 6.69. The fraction of sp³-hybridized carbons (Fsp3) is 0.533. The van der Waals surface area contributed by atoms with Gasteiger partial charge in [0, 0.05) is 23.6 Å². The lowest BCUT2D eigenvalue weighted by Gasteiger charge is -2.27. The smallest absolute Gasteiger partial charge is 0.101 e. The number of hydrogen-bond donors (Lipinski definition) is 1. The zero-order chi connectivity index (χ0) is 13.4. The van der Waals surface area contributed by atoms with Gasteiger partial charge in [0.2, 0.25) is 0 Å². The number of halogens is 1. The van der Waals surface area contributed by atoms with Gasteiger partial charge in [-0.05, 0) is 49.3 Å². The number of benzene rings is 1. The van der Waals surface area contributed by atoms with Gasteiger partial charge in [-0.3, -0.25) is 0 Å². The number of nitriles is 1. The molecule has 3 atom stereocenters. The van der Waals surface area contributed by atoms with E-state index in [-0.39, 0.29) is 0 Å². The minimum Gasteiger partial charge on any atom is -0.370 e. The Balaban J connectivity index is 1.85. The van der Waals surface area contributed by atoms with Gasteiger partial charge in [0.15, 0.2) is 0 Å². The molecule has 4 heteroatoms. The minimum absolute atomic E-state index is 0.374. The molecule has 0 aromatic heterocycles. The summed E-state index contributed by atoms with van der Waals surface area (Å²) in [6, 6.07) is 8.57. The molecule has 2 aliphatic rings. The van der Waals surface area contributed by atoms with Crippen LogP contribution in [0.3, 0.4) is 0 Å². The third-order valence-corrected chi connectivity index (χ3v) is 5.00. The van der Waals surface area contributed by atoms with E-state index in [0.29, 0.717) is 12.0 Å². The van der Waals surface area contributed by atoms with Crippen LogP contribution in [0, 0.1) is 23.2 Å². The average Bonchev–Trinajstić information content (AvgIpc) is 2.81. The predicted octanol–water partition coefficient (Wildman–Crippen LogP) is 2.88. The standard InChI is InChI=1S/C15H18BrN3/c16-13-3-1-10(7-17)15(6-13)19-8-11-2-4-14(18)5-12(11)9-19/h1,3,6,11-12,14H,2,4-5,8-9,18H2/t11-,12+,14?/m1/s1. The molecule has 100 valence electrons. The maximum Gasteiger partial charge on any atom is 0.101 e. The predicted molar refractivity (Wildman–Crippen MR) is 79.9 cm³/mol. The van der Waals surface area contributed by atoms with Gasteiger partial charge in [-0.1, -0.05) is 15.9 Å². The summed E-state index contributed by atoms with van der Waals surface area (Å²) in [7, 11) is 0. The van der Waals surface area contributed by atoms with Crippen molar-refractivity contribution in [2.45, 2.75) is 25.3 Å². The van der Waals surface area contributed by atoms with Gasteiger partial charge < -0.3 is 10.6 Å². The van der Waals surface area contributed by atoms with Crippen molar-refractivity contribution >= 4 is 21.6 Å². The fourth-order valence-corrected chi connectivity index (χ4v) is 3.87. The topological polar surface area (TPSA) is 53.0 Å². The van der Waals surface area contributed by atoms with Crippen molar-refractivity contribution in [3.05, 3.63) is 28.2 Å². The van der Waals surface area contributed by atoms with Crippen molar-refractivity contribution in [2.24, 2.45) is 17.6 Å². The highest BCUT2D eigenvalue weighted by molar-refractivity contribution is 9.10. The summed E-state index contributed by atoms with van der Waals surface area (Å²) in [5.74, 6) is 1.46. The molecule has 19 heavy (non-hydrogen) atoms. The molecular formula is C15H18BrN3. The van der Waals surface area contributed by atoms with Crippen LogP contribution >= 0.6 is 15.9 Å².